The van der Waals surface area contributed by atoms with E-state index in [0.717, 1.165) is 19.3 Å². The highest BCUT2D eigenvalue weighted by Crippen LogP contribution is 2.05. The molecule has 0 aliphatic heterocycles. The molecule has 0 unspecified atom stereocenters. The van der Waals surface area contributed by atoms with Crippen LogP contribution in [0.3, 0.4) is 0 Å². The highest BCUT2D eigenvalue weighted by molar-refractivity contribution is 5.85. The fraction of sp³-hybridized carbons (Fsp3) is 0.333. The van der Waals surface area contributed by atoms with Gasteiger partial charge < -0.3 is 5.11 Å². The lowest BCUT2D eigenvalue weighted by Crippen LogP contribution is -1.95. The summed E-state index contributed by atoms with van der Waals surface area (Å²) >= 11 is 0. The minimum Gasteiger partial charge on any atom is -0.478 e. The zero-order valence-electron chi connectivity index (χ0n) is 8.81. The molecule has 80 valence electrons. The molecule has 15 heavy (non-hydrogen) atoms. The second-order valence-electron chi connectivity index (χ2n) is 3.44. The third-order valence-corrected chi connectivity index (χ3v) is 2.21. The summed E-state index contributed by atoms with van der Waals surface area (Å²) < 4.78 is 0. The minimum absolute atomic E-state index is 0.421. The molecule has 0 saturated heterocycles. The molecule has 1 aromatic heterocycles. The van der Waals surface area contributed by atoms with Crippen LogP contribution in [-0.2, 0) is 11.2 Å². The van der Waals surface area contributed by atoms with Crippen molar-refractivity contribution in [2.75, 3.05) is 0 Å². The van der Waals surface area contributed by atoms with Crippen molar-refractivity contribution < 1.29 is 9.90 Å². The Labute approximate surface area is 89.5 Å². The number of aliphatic carboxylic acids is 1. The second kappa shape index (κ2) is 5.96. The first-order chi connectivity index (χ1) is 7.20. The van der Waals surface area contributed by atoms with Crippen molar-refractivity contribution in [1.82, 2.24) is 4.98 Å². The highest BCUT2D eigenvalue weighted by Gasteiger charge is 1.98. The molecular weight excluding hydrogens is 190 g/mol. The Hall–Kier alpha value is -1.64. The van der Waals surface area contributed by atoms with Gasteiger partial charge in [-0.1, -0.05) is 6.08 Å². The average Bonchev–Trinajstić information content (AvgIpc) is 2.25. The summed E-state index contributed by atoms with van der Waals surface area (Å²) in [6, 6.07) is 3.96. The van der Waals surface area contributed by atoms with Gasteiger partial charge >= 0.3 is 5.97 Å². The number of aryl methyl sites for hydroxylation is 1. The van der Waals surface area contributed by atoms with Crippen molar-refractivity contribution in [1.29, 1.82) is 0 Å². The predicted molar refractivity (Wildman–Crippen MR) is 58.6 cm³/mol. The maximum atomic E-state index is 10.5. The van der Waals surface area contributed by atoms with Gasteiger partial charge in [0.15, 0.2) is 0 Å². The number of unbranched alkanes of at least 4 members (excludes halogenated alkanes) is 1. The molecule has 1 heterocycles. The Morgan fingerprint density at radius 2 is 2.13 bits per heavy atom. The lowest BCUT2D eigenvalue weighted by Gasteiger charge is -1.98. The van der Waals surface area contributed by atoms with Crippen LogP contribution in [0.15, 0.2) is 36.2 Å². The van der Waals surface area contributed by atoms with E-state index in [2.05, 4.69) is 4.98 Å². The van der Waals surface area contributed by atoms with Crippen molar-refractivity contribution in [3.05, 3.63) is 41.7 Å². The predicted octanol–water partition coefficient (Wildman–Crippen LogP) is 2.44. The van der Waals surface area contributed by atoms with Gasteiger partial charge in [-0.3, -0.25) is 4.98 Å². The molecule has 3 heteroatoms. The van der Waals surface area contributed by atoms with Crippen molar-refractivity contribution in [3.63, 3.8) is 0 Å². The van der Waals surface area contributed by atoms with E-state index in [9.17, 15) is 4.79 Å². The summed E-state index contributed by atoms with van der Waals surface area (Å²) in [6.07, 6.45) is 8.05. The van der Waals surface area contributed by atoms with Gasteiger partial charge in [0.25, 0.3) is 0 Å². The number of allylic oxidation sites excluding steroid dienone is 1. The second-order valence-corrected chi connectivity index (χ2v) is 3.44. The smallest absolute Gasteiger partial charge is 0.330 e. The van der Waals surface area contributed by atoms with Gasteiger partial charge in [-0.2, -0.15) is 0 Å². The summed E-state index contributed by atoms with van der Waals surface area (Å²) in [5.41, 5.74) is 1.66. The van der Waals surface area contributed by atoms with E-state index < -0.39 is 5.97 Å². The van der Waals surface area contributed by atoms with Gasteiger partial charge in [-0.05, 0) is 43.9 Å². The van der Waals surface area contributed by atoms with Crippen molar-refractivity contribution >= 4 is 5.97 Å². The van der Waals surface area contributed by atoms with Crippen LogP contribution < -0.4 is 0 Å². The number of aromatic nitrogens is 1. The van der Waals surface area contributed by atoms with Crippen LogP contribution in [-0.4, -0.2) is 16.1 Å². The largest absolute Gasteiger partial charge is 0.478 e. The molecule has 0 atom stereocenters. The topological polar surface area (TPSA) is 50.2 Å². The Balaban J connectivity index is 2.29. The van der Waals surface area contributed by atoms with Gasteiger partial charge in [0.1, 0.15) is 0 Å². The lowest BCUT2D eigenvalue weighted by atomic mass is 10.1. The van der Waals surface area contributed by atoms with Gasteiger partial charge in [0, 0.05) is 18.0 Å². The fourth-order valence-corrected chi connectivity index (χ4v) is 1.26. The normalized spacial score (nSPS) is 11.4. The third-order valence-electron chi connectivity index (χ3n) is 2.21. The number of hydrogen-bond donors (Lipinski definition) is 1. The summed E-state index contributed by atoms with van der Waals surface area (Å²) in [5, 5.41) is 8.62. The Morgan fingerprint density at radius 1 is 1.47 bits per heavy atom. The number of hydrogen-bond acceptors (Lipinski definition) is 2. The van der Waals surface area contributed by atoms with Crippen LogP contribution in [0.2, 0.25) is 0 Å². The first kappa shape index (κ1) is 11.4. The van der Waals surface area contributed by atoms with Gasteiger partial charge in [0.05, 0.1) is 0 Å². The van der Waals surface area contributed by atoms with E-state index in [-0.39, 0.29) is 0 Å². The first-order valence-electron chi connectivity index (χ1n) is 4.99. The summed E-state index contributed by atoms with van der Waals surface area (Å²) in [7, 11) is 0. The Kier molecular flexibility index (Phi) is 4.54. The van der Waals surface area contributed by atoms with Crippen LogP contribution in [0.5, 0.6) is 0 Å². The zero-order chi connectivity index (χ0) is 11.1. The van der Waals surface area contributed by atoms with Crippen LogP contribution in [0.1, 0.15) is 25.3 Å². The highest BCUT2D eigenvalue weighted by atomic mass is 16.4. The van der Waals surface area contributed by atoms with Crippen molar-refractivity contribution in [3.8, 4) is 0 Å². The molecule has 1 aromatic rings. The van der Waals surface area contributed by atoms with Gasteiger partial charge in [-0.25, -0.2) is 4.79 Å². The van der Waals surface area contributed by atoms with Crippen LogP contribution in [0.4, 0.5) is 0 Å². The summed E-state index contributed by atoms with van der Waals surface area (Å²) in [4.78, 5) is 14.4. The summed E-state index contributed by atoms with van der Waals surface area (Å²) in [5.74, 6) is -0.834. The van der Waals surface area contributed by atoms with Gasteiger partial charge in [-0.15, -0.1) is 0 Å². The molecule has 3 nitrogen and oxygen atoms in total. The lowest BCUT2D eigenvalue weighted by molar-refractivity contribution is -0.132. The number of rotatable bonds is 5. The van der Waals surface area contributed by atoms with Crippen molar-refractivity contribution in [2.24, 2.45) is 0 Å². The number of carboxylic acids is 1. The molecule has 1 rings (SSSR count). The molecule has 0 aromatic carbocycles. The molecule has 0 amide bonds. The van der Waals surface area contributed by atoms with Gasteiger partial charge in [0.2, 0.25) is 0 Å². The van der Waals surface area contributed by atoms with E-state index >= 15 is 0 Å². The molecule has 0 saturated carbocycles. The standard InChI is InChI=1S/C12H15NO2/c1-10(12(14)15)4-2-3-5-11-6-8-13-9-7-11/h4,6-9H,2-3,5H2,1H3,(H,14,15). The van der Waals surface area contributed by atoms with Crippen molar-refractivity contribution in [2.45, 2.75) is 26.2 Å². The van der Waals surface area contributed by atoms with E-state index in [1.807, 2.05) is 12.1 Å². The number of pyridine rings is 1. The Bertz CT molecular complexity index is 344. The molecule has 0 radical (unpaired) electrons. The SMILES string of the molecule is CC(=CCCCc1ccncc1)C(=O)O. The number of carbonyl (C=O) groups is 1. The van der Waals surface area contributed by atoms with Crippen LogP contribution >= 0.6 is 0 Å². The van der Waals surface area contributed by atoms with E-state index in [0.29, 0.717) is 5.57 Å². The quantitative estimate of drug-likeness (QED) is 0.593. The molecule has 0 spiro atoms. The maximum absolute atomic E-state index is 10.5. The molecule has 0 aliphatic carbocycles. The first-order valence-corrected chi connectivity index (χ1v) is 4.99. The summed E-state index contributed by atoms with van der Waals surface area (Å²) in [6.45, 7) is 1.62. The van der Waals surface area contributed by atoms with E-state index in [4.69, 9.17) is 5.11 Å². The molecular formula is C12H15NO2. The monoisotopic (exact) mass is 205 g/mol. The molecule has 0 bridgehead atoms. The maximum Gasteiger partial charge on any atom is 0.330 e. The average molecular weight is 205 g/mol. The fourth-order valence-electron chi connectivity index (χ4n) is 1.26. The van der Waals surface area contributed by atoms with Crippen LogP contribution in [0.25, 0.3) is 0 Å². The third kappa shape index (κ3) is 4.40. The molecule has 0 aliphatic rings. The number of carboxylic acid groups (broad SMARTS) is 1. The minimum atomic E-state index is -0.834. The van der Waals surface area contributed by atoms with Crippen LogP contribution in [0, 0.1) is 0 Å². The number of nitrogens with zero attached hydrogens (tertiary/aromatic N) is 1. The molecule has 1 N–H and O–H groups in total. The Morgan fingerprint density at radius 3 is 2.73 bits per heavy atom. The van der Waals surface area contributed by atoms with E-state index in [1.165, 1.54) is 5.56 Å². The zero-order valence-corrected chi connectivity index (χ0v) is 8.81. The molecule has 0 fully saturated rings. The van der Waals surface area contributed by atoms with E-state index in [1.54, 1.807) is 25.4 Å².